The highest BCUT2D eigenvalue weighted by molar-refractivity contribution is 4.91. The van der Waals surface area contributed by atoms with E-state index in [1.807, 2.05) is 6.08 Å². The van der Waals surface area contributed by atoms with Crippen molar-refractivity contribution in [3.63, 3.8) is 0 Å². The number of nitrogens with zero attached hydrogens (tertiary/aromatic N) is 2. The van der Waals surface area contributed by atoms with Crippen LogP contribution in [0, 0.1) is 0 Å². The van der Waals surface area contributed by atoms with Crippen molar-refractivity contribution >= 4 is 0 Å². The Hall–Kier alpha value is -0.340. The van der Waals surface area contributed by atoms with Gasteiger partial charge in [0.05, 0.1) is 0 Å². The van der Waals surface area contributed by atoms with E-state index in [0.717, 1.165) is 12.5 Å². The lowest BCUT2D eigenvalue weighted by atomic mass is 10.1. The first-order valence-corrected chi connectivity index (χ1v) is 4.47. The van der Waals surface area contributed by atoms with Crippen molar-refractivity contribution in [2.75, 3.05) is 32.7 Å². The van der Waals surface area contributed by atoms with E-state index in [2.05, 4.69) is 16.4 Å². The fraction of sp³-hybridized carbons (Fsp3) is 0.778. The molecule has 0 N–H and O–H groups in total. The molecular formula is C9H16N2. The van der Waals surface area contributed by atoms with E-state index >= 15 is 0 Å². The van der Waals surface area contributed by atoms with Crippen molar-refractivity contribution < 1.29 is 0 Å². The van der Waals surface area contributed by atoms with Gasteiger partial charge in [-0.25, -0.2) is 0 Å². The van der Waals surface area contributed by atoms with Crippen LogP contribution in [0.4, 0.5) is 0 Å². The van der Waals surface area contributed by atoms with Crippen molar-refractivity contribution in [3.05, 3.63) is 12.7 Å². The molecule has 3 aliphatic heterocycles. The zero-order valence-electron chi connectivity index (χ0n) is 7.00. The Morgan fingerprint density at radius 1 is 1.27 bits per heavy atom. The first kappa shape index (κ1) is 7.32. The van der Waals surface area contributed by atoms with E-state index in [9.17, 15) is 0 Å². The van der Waals surface area contributed by atoms with Crippen LogP contribution >= 0.6 is 0 Å². The number of rotatable bonds is 2. The SMILES string of the molecule is C=CCC1CN2CCN1CC2. The maximum absolute atomic E-state index is 3.79. The van der Waals surface area contributed by atoms with E-state index < -0.39 is 0 Å². The second kappa shape index (κ2) is 2.95. The largest absolute Gasteiger partial charge is 0.299 e. The molecule has 0 radical (unpaired) electrons. The van der Waals surface area contributed by atoms with Gasteiger partial charge in [0.2, 0.25) is 0 Å². The average molecular weight is 152 g/mol. The van der Waals surface area contributed by atoms with Gasteiger partial charge in [-0.15, -0.1) is 6.58 Å². The molecule has 0 aromatic rings. The number of fused-ring (bicyclic) bond motifs is 3. The van der Waals surface area contributed by atoms with Gasteiger partial charge in [0, 0.05) is 38.8 Å². The molecule has 3 saturated heterocycles. The molecule has 1 atom stereocenters. The van der Waals surface area contributed by atoms with E-state index in [0.29, 0.717) is 0 Å². The monoisotopic (exact) mass is 152 g/mol. The van der Waals surface area contributed by atoms with Gasteiger partial charge in [0.1, 0.15) is 0 Å². The molecule has 0 spiro atoms. The molecule has 2 nitrogen and oxygen atoms in total. The summed E-state index contributed by atoms with van der Waals surface area (Å²) >= 11 is 0. The van der Waals surface area contributed by atoms with Crippen LogP contribution in [0.1, 0.15) is 6.42 Å². The molecule has 0 aromatic carbocycles. The molecule has 3 fully saturated rings. The van der Waals surface area contributed by atoms with Gasteiger partial charge < -0.3 is 0 Å². The zero-order valence-corrected chi connectivity index (χ0v) is 7.00. The van der Waals surface area contributed by atoms with Gasteiger partial charge in [-0.05, 0) is 6.42 Å². The van der Waals surface area contributed by atoms with E-state index in [-0.39, 0.29) is 0 Å². The summed E-state index contributed by atoms with van der Waals surface area (Å²) < 4.78 is 0. The maximum atomic E-state index is 3.79. The zero-order chi connectivity index (χ0) is 7.68. The van der Waals surface area contributed by atoms with Crippen molar-refractivity contribution in [1.29, 1.82) is 0 Å². The molecular weight excluding hydrogens is 136 g/mol. The fourth-order valence-electron chi connectivity index (χ4n) is 2.14. The van der Waals surface area contributed by atoms with Crippen LogP contribution in [0.5, 0.6) is 0 Å². The molecule has 0 amide bonds. The van der Waals surface area contributed by atoms with Crippen molar-refractivity contribution in [2.24, 2.45) is 0 Å². The first-order valence-electron chi connectivity index (χ1n) is 4.47. The lowest BCUT2D eigenvalue weighted by Crippen LogP contribution is -2.60. The Morgan fingerprint density at radius 3 is 2.45 bits per heavy atom. The Balaban J connectivity index is 1.97. The summed E-state index contributed by atoms with van der Waals surface area (Å²) in [6.07, 6.45) is 3.21. The van der Waals surface area contributed by atoms with E-state index in [1.54, 1.807) is 0 Å². The normalized spacial score (nSPS) is 42.4. The average Bonchev–Trinajstić information content (AvgIpc) is 2.07. The van der Waals surface area contributed by atoms with Gasteiger partial charge in [-0.1, -0.05) is 6.08 Å². The Morgan fingerprint density at radius 2 is 2.00 bits per heavy atom. The molecule has 11 heavy (non-hydrogen) atoms. The number of piperazine rings is 3. The minimum atomic E-state index is 0.773. The summed E-state index contributed by atoms with van der Waals surface area (Å²) in [7, 11) is 0. The molecule has 2 bridgehead atoms. The molecule has 0 aliphatic carbocycles. The third-order valence-electron chi connectivity index (χ3n) is 2.83. The third kappa shape index (κ3) is 1.33. The lowest BCUT2D eigenvalue weighted by molar-refractivity contribution is 0.0147. The van der Waals surface area contributed by atoms with Crippen LogP contribution in [0.2, 0.25) is 0 Å². The third-order valence-corrected chi connectivity index (χ3v) is 2.83. The van der Waals surface area contributed by atoms with Gasteiger partial charge in [-0.2, -0.15) is 0 Å². The number of hydrogen-bond donors (Lipinski definition) is 0. The summed E-state index contributed by atoms with van der Waals surface area (Å²) in [5.41, 5.74) is 0. The van der Waals surface area contributed by atoms with Crippen LogP contribution < -0.4 is 0 Å². The van der Waals surface area contributed by atoms with Crippen molar-refractivity contribution in [2.45, 2.75) is 12.5 Å². The summed E-state index contributed by atoms with van der Waals surface area (Å²) in [5, 5.41) is 0. The van der Waals surface area contributed by atoms with Gasteiger partial charge in [-0.3, -0.25) is 9.80 Å². The summed E-state index contributed by atoms with van der Waals surface area (Å²) in [4.78, 5) is 5.16. The second-order valence-electron chi connectivity index (χ2n) is 3.51. The van der Waals surface area contributed by atoms with Gasteiger partial charge >= 0.3 is 0 Å². The molecule has 62 valence electrons. The van der Waals surface area contributed by atoms with E-state index in [4.69, 9.17) is 0 Å². The Kier molecular flexibility index (Phi) is 1.96. The topological polar surface area (TPSA) is 6.48 Å². The molecule has 0 saturated carbocycles. The molecule has 0 aromatic heterocycles. The van der Waals surface area contributed by atoms with Crippen molar-refractivity contribution in [1.82, 2.24) is 9.80 Å². The predicted molar refractivity (Wildman–Crippen MR) is 46.6 cm³/mol. The maximum Gasteiger partial charge on any atom is 0.0258 e. The Bertz CT molecular complexity index is 148. The van der Waals surface area contributed by atoms with Gasteiger partial charge in [0.25, 0.3) is 0 Å². The highest BCUT2D eigenvalue weighted by Crippen LogP contribution is 2.17. The van der Waals surface area contributed by atoms with Crippen LogP contribution in [-0.2, 0) is 0 Å². The quantitative estimate of drug-likeness (QED) is 0.534. The minimum absolute atomic E-state index is 0.773. The smallest absolute Gasteiger partial charge is 0.0258 e. The highest BCUT2D eigenvalue weighted by atomic mass is 15.3. The van der Waals surface area contributed by atoms with Crippen LogP contribution in [0.15, 0.2) is 12.7 Å². The fourth-order valence-corrected chi connectivity index (χ4v) is 2.14. The number of hydrogen-bond acceptors (Lipinski definition) is 2. The molecule has 3 aliphatic rings. The highest BCUT2D eigenvalue weighted by Gasteiger charge is 2.30. The molecule has 1 unspecified atom stereocenters. The summed E-state index contributed by atoms with van der Waals surface area (Å²) in [6, 6.07) is 0.773. The lowest BCUT2D eigenvalue weighted by Gasteiger charge is -2.47. The molecule has 3 heterocycles. The summed E-state index contributed by atoms with van der Waals surface area (Å²) in [5.74, 6) is 0. The standard InChI is InChI=1S/C9H16N2/c1-2-3-9-8-10-4-6-11(9)7-5-10/h2,9H,1,3-8H2. The first-order chi connectivity index (χ1) is 5.40. The molecule has 2 heteroatoms. The minimum Gasteiger partial charge on any atom is -0.299 e. The summed E-state index contributed by atoms with van der Waals surface area (Å²) in [6.45, 7) is 10.2. The van der Waals surface area contributed by atoms with Crippen LogP contribution in [0.3, 0.4) is 0 Å². The van der Waals surface area contributed by atoms with Crippen LogP contribution in [0.25, 0.3) is 0 Å². The predicted octanol–water partition coefficient (Wildman–Crippen LogP) is 0.562. The van der Waals surface area contributed by atoms with Crippen molar-refractivity contribution in [3.8, 4) is 0 Å². The van der Waals surface area contributed by atoms with E-state index in [1.165, 1.54) is 32.7 Å². The second-order valence-corrected chi connectivity index (χ2v) is 3.51. The molecule has 3 rings (SSSR count). The van der Waals surface area contributed by atoms with Gasteiger partial charge in [0.15, 0.2) is 0 Å². The van der Waals surface area contributed by atoms with Crippen LogP contribution in [-0.4, -0.2) is 48.6 Å². The Labute approximate surface area is 68.5 Å².